The number of carbonyl (C=O) groups excluding carboxylic acids is 2. The number of ether oxygens (including phenoxy) is 1. The minimum atomic E-state index is -3.99. The Morgan fingerprint density at radius 1 is 1.25 bits per heavy atom. The van der Waals surface area contributed by atoms with Crippen molar-refractivity contribution in [2.45, 2.75) is 23.8 Å². The van der Waals surface area contributed by atoms with Crippen LogP contribution < -0.4 is 5.32 Å². The molecule has 32 heavy (non-hydrogen) atoms. The van der Waals surface area contributed by atoms with Crippen LogP contribution in [0.25, 0.3) is 11.3 Å². The molecule has 1 N–H and O–H groups in total. The van der Waals surface area contributed by atoms with Crippen molar-refractivity contribution in [3.63, 3.8) is 0 Å². The van der Waals surface area contributed by atoms with Crippen molar-refractivity contribution in [2.24, 2.45) is 7.05 Å². The monoisotopic (exact) mass is 458 g/mol. The van der Waals surface area contributed by atoms with Crippen LogP contribution in [0.4, 0.5) is 5.69 Å². The van der Waals surface area contributed by atoms with E-state index in [4.69, 9.17) is 4.52 Å². The summed E-state index contributed by atoms with van der Waals surface area (Å²) in [5.41, 5.74) is 1.35. The first-order valence-corrected chi connectivity index (χ1v) is 11.3. The molecule has 1 amide bonds. The van der Waals surface area contributed by atoms with Crippen molar-refractivity contribution < 1.29 is 27.3 Å². The molecule has 10 nitrogen and oxygen atoms in total. The quantitative estimate of drug-likeness (QED) is 0.562. The van der Waals surface area contributed by atoms with Gasteiger partial charge in [0.1, 0.15) is 16.6 Å². The van der Waals surface area contributed by atoms with Gasteiger partial charge in [-0.05, 0) is 31.0 Å². The van der Waals surface area contributed by atoms with Crippen LogP contribution in [-0.2, 0) is 26.6 Å². The molecule has 2 aromatic heterocycles. The van der Waals surface area contributed by atoms with Gasteiger partial charge in [0.05, 0.1) is 13.3 Å². The molecule has 1 atom stereocenters. The van der Waals surface area contributed by atoms with E-state index in [-0.39, 0.29) is 17.1 Å². The second-order valence-electron chi connectivity index (χ2n) is 7.38. The molecule has 1 fully saturated rings. The van der Waals surface area contributed by atoms with E-state index in [1.165, 1.54) is 34.4 Å². The van der Waals surface area contributed by atoms with Gasteiger partial charge in [0.25, 0.3) is 0 Å². The molecule has 0 radical (unpaired) electrons. The lowest BCUT2D eigenvalue weighted by atomic mass is 10.1. The van der Waals surface area contributed by atoms with Crippen molar-refractivity contribution >= 4 is 27.6 Å². The maximum Gasteiger partial charge on any atom is 0.354 e. The van der Waals surface area contributed by atoms with E-state index < -0.39 is 27.9 Å². The number of nitrogens with one attached hydrogen (secondary N) is 1. The second kappa shape index (κ2) is 8.60. The molecule has 11 heteroatoms. The average molecular weight is 458 g/mol. The molecule has 0 unspecified atom stereocenters. The molecule has 1 saturated heterocycles. The Morgan fingerprint density at radius 3 is 2.78 bits per heavy atom. The lowest BCUT2D eigenvalue weighted by Crippen LogP contribution is -2.43. The Morgan fingerprint density at radius 2 is 2.06 bits per heavy atom. The number of rotatable bonds is 6. The van der Waals surface area contributed by atoms with Gasteiger partial charge < -0.3 is 19.1 Å². The largest absolute Gasteiger partial charge is 0.464 e. The first-order chi connectivity index (χ1) is 15.3. The number of aromatic nitrogens is 2. The van der Waals surface area contributed by atoms with Gasteiger partial charge in [0.2, 0.25) is 15.9 Å². The van der Waals surface area contributed by atoms with Gasteiger partial charge in [0, 0.05) is 37.1 Å². The molecule has 0 saturated carbocycles. The molecule has 4 rings (SSSR count). The Balaban J connectivity index is 1.55. The molecular formula is C21H22N4O6S. The Hall–Kier alpha value is -3.44. The van der Waals surface area contributed by atoms with Crippen molar-refractivity contribution in [2.75, 3.05) is 19.0 Å². The van der Waals surface area contributed by atoms with Crippen LogP contribution in [0.5, 0.6) is 0 Å². The van der Waals surface area contributed by atoms with Crippen LogP contribution >= 0.6 is 0 Å². The predicted molar refractivity (Wildman–Crippen MR) is 114 cm³/mol. The summed E-state index contributed by atoms with van der Waals surface area (Å²) in [6, 6.07) is 9.11. The van der Waals surface area contributed by atoms with E-state index in [2.05, 4.69) is 15.2 Å². The van der Waals surface area contributed by atoms with E-state index >= 15 is 0 Å². The molecular weight excluding hydrogens is 436 g/mol. The number of hydrogen-bond acceptors (Lipinski definition) is 7. The van der Waals surface area contributed by atoms with Crippen LogP contribution in [0.3, 0.4) is 0 Å². The molecule has 3 aromatic rings. The van der Waals surface area contributed by atoms with E-state index in [1.807, 2.05) is 6.07 Å². The number of nitrogens with zero attached hydrogens (tertiary/aromatic N) is 3. The molecule has 168 valence electrons. The zero-order chi connectivity index (χ0) is 22.9. The van der Waals surface area contributed by atoms with Gasteiger partial charge in [0.15, 0.2) is 5.76 Å². The first kappa shape index (κ1) is 21.8. The third-order valence-corrected chi connectivity index (χ3v) is 7.21. The number of aryl methyl sites for hydroxylation is 1. The van der Waals surface area contributed by atoms with Gasteiger partial charge in [-0.3, -0.25) is 4.79 Å². The summed E-state index contributed by atoms with van der Waals surface area (Å²) in [7, 11) is -1.21. The van der Waals surface area contributed by atoms with Gasteiger partial charge in [-0.2, -0.15) is 4.31 Å². The number of methoxy groups -OCH3 is 1. The molecule has 1 aliphatic rings. The SMILES string of the molecule is COC(=O)c1cc(S(=O)(=O)N2CCC[C@@H]2C(=O)Nc2cccc(-c3ccno3)c2)cn1C. The molecule has 0 bridgehead atoms. The van der Waals surface area contributed by atoms with Gasteiger partial charge in [-0.25, -0.2) is 13.2 Å². The fourth-order valence-electron chi connectivity index (χ4n) is 3.75. The predicted octanol–water partition coefficient (Wildman–Crippen LogP) is 2.26. The number of sulfonamides is 1. The summed E-state index contributed by atoms with van der Waals surface area (Å²) in [6.07, 6.45) is 3.81. The van der Waals surface area contributed by atoms with Crippen LogP contribution in [0.1, 0.15) is 23.3 Å². The number of benzene rings is 1. The Labute approximate surface area is 184 Å². The minimum absolute atomic E-state index is 0.0626. The number of carbonyl (C=O) groups is 2. The summed E-state index contributed by atoms with van der Waals surface area (Å²) in [6.45, 7) is 0.209. The van der Waals surface area contributed by atoms with E-state index in [0.29, 0.717) is 24.3 Å². The highest BCUT2D eigenvalue weighted by molar-refractivity contribution is 7.89. The maximum atomic E-state index is 13.2. The number of anilines is 1. The van der Waals surface area contributed by atoms with Crippen LogP contribution in [0, 0.1) is 0 Å². The Kier molecular flexibility index (Phi) is 5.85. The topological polar surface area (TPSA) is 124 Å². The number of amides is 1. The van der Waals surface area contributed by atoms with Gasteiger partial charge >= 0.3 is 5.97 Å². The standard InChI is InChI=1S/C21H22N4O6S/c1-24-13-16(12-18(24)21(27)30-2)32(28,29)25-10-4-7-17(25)20(26)23-15-6-3-5-14(11-15)19-8-9-22-31-19/h3,5-6,8-9,11-13,17H,4,7,10H2,1-2H3,(H,23,26)/t17-/m1/s1. The first-order valence-electron chi connectivity index (χ1n) is 9.90. The molecule has 0 spiro atoms. The summed E-state index contributed by atoms with van der Waals surface area (Å²) in [5, 5.41) is 6.47. The zero-order valence-electron chi connectivity index (χ0n) is 17.5. The van der Waals surface area contributed by atoms with Crippen molar-refractivity contribution in [1.82, 2.24) is 14.0 Å². The van der Waals surface area contributed by atoms with Crippen molar-refractivity contribution in [3.05, 3.63) is 54.5 Å². The smallest absolute Gasteiger partial charge is 0.354 e. The van der Waals surface area contributed by atoms with Crippen molar-refractivity contribution in [1.29, 1.82) is 0 Å². The lowest BCUT2D eigenvalue weighted by molar-refractivity contribution is -0.119. The van der Waals surface area contributed by atoms with Gasteiger partial charge in [-0.1, -0.05) is 17.3 Å². The second-order valence-corrected chi connectivity index (χ2v) is 9.27. The molecule has 3 heterocycles. The summed E-state index contributed by atoms with van der Waals surface area (Å²) < 4.78 is 38.9. The van der Waals surface area contributed by atoms with Crippen LogP contribution in [0.2, 0.25) is 0 Å². The normalized spacial score (nSPS) is 16.8. The summed E-state index contributed by atoms with van der Waals surface area (Å²) in [5.74, 6) is -0.516. The minimum Gasteiger partial charge on any atom is -0.464 e. The fourth-order valence-corrected chi connectivity index (χ4v) is 5.48. The highest BCUT2D eigenvalue weighted by atomic mass is 32.2. The van der Waals surface area contributed by atoms with E-state index in [1.54, 1.807) is 31.3 Å². The number of hydrogen-bond donors (Lipinski definition) is 1. The zero-order valence-corrected chi connectivity index (χ0v) is 18.3. The van der Waals surface area contributed by atoms with Crippen LogP contribution in [-0.4, -0.2) is 54.0 Å². The highest BCUT2D eigenvalue weighted by Gasteiger charge is 2.40. The Bertz CT molecular complexity index is 1250. The summed E-state index contributed by atoms with van der Waals surface area (Å²) >= 11 is 0. The number of esters is 1. The highest BCUT2D eigenvalue weighted by Crippen LogP contribution is 2.29. The average Bonchev–Trinajstić information content (AvgIpc) is 3.53. The lowest BCUT2D eigenvalue weighted by Gasteiger charge is -2.23. The third kappa shape index (κ3) is 4.04. The molecule has 0 aliphatic carbocycles. The van der Waals surface area contributed by atoms with Crippen molar-refractivity contribution in [3.8, 4) is 11.3 Å². The van der Waals surface area contributed by atoms with Crippen LogP contribution in [0.15, 0.2) is 58.2 Å². The van der Waals surface area contributed by atoms with Gasteiger partial charge in [-0.15, -0.1) is 0 Å². The van der Waals surface area contributed by atoms with E-state index in [0.717, 1.165) is 5.56 Å². The fraction of sp³-hybridized carbons (Fsp3) is 0.286. The maximum absolute atomic E-state index is 13.2. The molecule has 1 aliphatic heterocycles. The van der Waals surface area contributed by atoms with E-state index in [9.17, 15) is 18.0 Å². The third-order valence-electron chi connectivity index (χ3n) is 5.34. The molecule has 1 aromatic carbocycles. The summed E-state index contributed by atoms with van der Waals surface area (Å²) in [4.78, 5) is 24.8.